The van der Waals surface area contributed by atoms with E-state index in [1.807, 2.05) is 0 Å². The molecule has 1 rings (SSSR count). The zero-order valence-corrected chi connectivity index (χ0v) is 12.6. The van der Waals surface area contributed by atoms with E-state index in [0.717, 1.165) is 4.47 Å². The average Bonchev–Trinajstić information content (AvgIpc) is 2.37. The van der Waals surface area contributed by atoms with Gasteiger partial charge in [-0.05, 0) is 37.1 Å². The van der Waals surface area contributed by atoms with Crippen LogP contribution in [0.4, 0.5) is 0 Å². The Kier molecular flexibility index (Phi) is 7.77. The van der Waals surface area contributed by atoms with Crippen molar-refractivity contribution >= 4 is 33.4 Å². The van der Waals surface area contributed by atoms with Crippen LogP contribution in [0.5, 0.6) is 0 Å². The number of benzene rings is 1. The molecule has 4 nitrogen and oxygen atoms in total. The number of hydrogen-bond acceptors (Lipinski definition) is 4. The average molecular weight is 319 g/mol. The van der Waals surface area contributed by atoms with E-state index < -0.39 is 17.5 Å². The van der Waals surface area contributed by atoms with Crippen LogP contribution in [-0.2, 0) is 14.3 Å². The minimum atomic E-state index is -1.000. The van der Waals surface area contributed by atoms with Crippen LogP contribution >= 0.6 is 15.9 Å². The van der Waals surface area contributed by atoms with Crippen LogP contribution < -0.4 is 24.0 Å². The maximum atomic E-state index is 11.9. The monoisotopic (exact) mass is 318 g/mol. The van der Waals surface area contributed by atoms with E-state index >= 15 is 0 Å². The third-order valence-corrected chi connectivity index (χ3v) is 2.78. The van der Waals surface area contributed by atoms with Crippen molar-refractivity contribution in [1.82, 2.24) is 0 Å². The molecule has 1 aromatic carbocycles. The summed E-state index contributed by atoms with van der Waals surface area (Å²) in [5.41, 5.74) is 0.212. The Morgan fingerprint density at radius 1 is 1.26 bits per heavy atom. The Bertz CT molecular complexity index is 494. The molecule has 0 bridgehead atoms. The summed E-state index contributed by atoms with van der Waals surface area (Å²) in [5.74, 6) is -2.37. The number of carbonyl (C=O) groups is 2. The van der Waals surface area contributed by atoms with Crippen molar-refractivity contribution in [1.29, 1.82) is 0 Å². The summed E-state index contributed by atoms with van der Waals surface area (Å²) in [7, 11) is 0. The number of halogens is 1. The molecule has 0 heterocycles. The van der Waals surface area contributed by atoms with Crippen LogP contribution in [-0.4, -0.2) is 18.4 Å². The fraction of sp³-hybridized carbons (Fsp3) is 0.231. The van der Waals surface area contributed by atoms with Crippen LogP contribution in [0.3, 0.4) is 0 Å². The Morgan fingerprint density at radius 2 is 1.79 bits per heavy atom. The van der Waals surface area contributed by atoms with Crippen molar-refractivity contribution in [3.8, 4) is 0 Å². The first-order valence-corrected chi connectivity index (χ1v) is 6.12. The van der Waals surface area contributed by atoms with Gasteiger partial charge in [-0.3, -0.25) is 4.79 Å². The maximum absolute atomic E-state index is 11.9. The first kappa shape index (κ1) is 18.0. The summed E-state index contributed by atoms with van der Waals surface area (Å²) in [5, 5.41) is 11.9. The number of Topliss-reactive ketones (excluding diaryl/α,β-unsaturated/α-hetero) is 1. The van der Waals surface area contributed by atoms with Gasteiger partial charge in [0, 0.05) is 4.47 Å². The molecule has 0 saturated carbocycles. The van der Waals surface area contributed by atoms with Crippen LogP contribution in [0.2, 0.25) is 0 Å². The molecule has 0 spiro atoms. The Balaban J connectivity index is 0.00000324. The Morgan fingerprint density at radius 3 is 2.26 bits per heavy atom. The molecule has 0 amide bonds. The third-order valence-electron chi connectivity index (χ3n) is 2.25. The molecule has 0 aliphatic heterocycles. The van der Waals surface area contributed by atoms with Crippen molar-refractivity contribution < 1.29 is 38.3 Å². The van der Waals surface area contributed by atoms with Gasteiger partial charge >= 0.3 is 24.8 Å². The van der Waals surface area contributed by atoms with Gasteiger partial charge in [0.25, 0.3) is 5.78 Å². The molecule has 0 saturated heterocycles. The van der Waals surface area contributed by atoms with Gasteiger partial charge in [-0.1, -0.05) is 33.8 Å². The molecular formula is C13H12BrLiO4. The van der Waals surface area contributed by atoms with Crippen LogP contribution in [0.1, 0.15) is 19.4 Å². The molecular weight excluding hydrogens is 307 g/mol. The Labute approximate surface area is 132 Å². The topological polar surface area (TPSA) is 66.4 Å². The molecule has 0 aromatic heterocycles. The smallest absolute Gasteiger partial charge is 0.872 e. The predicted octanol–water partition coefficient (Wildman–Crippen LogP) is -1.32. The van der Waals surface area contributed by atoms with Crippen molar-refractivity contribution in [3.63, 3.8) is 0 Å². The Hall–Kier alpha value is -1.02. The largest absolute Gasteiger partial charge is 1.00 e. The molecule has 0 fully saturated rings. The summed E-state index contributed by atoms with van der Waals surface area (Å²) >= 11 is 3.25. The van der Waals surface area contributed by atoms with Gasteiger partial charge in [-0.15, -0.1) is 0 Å². The molecule has 0 aliphatic rings. The van der Waals surface area contributed by atoms with Gasteiger partial charge < -0.3 is 9.84 Å². The minimum Gasteiger partial charge on any atom is -0.872 e. The quantitative estimate of drug-likeness (QED) is 0.227. The molecule has 0 N–H and O–H groups in total. The number of hydrogen-bond donors (Lipinski definition) is 0. The van der Waals surface area contributed by atoms with Crippen molar-refractivity contribution in [3.05, 3.63) is 39.9 Å². The van der Waals surface area contributed by atoms with E-state index in [9.17, 15) is 14.7 Å². The maximum Gasteiger partial charge on any atom is 1.00 e. The summed E-state index contributed by atoms with van der Waals surface area (Å²) in [6.45, 7) is 3.02. The van der Waals surface area contributed by atoms with Crippen LogP contribution in [0.25, 0.3) is 5.76 Å². The summed E-state index contributed by atoms with van der Waals surface area (Å²) in [4.78, 5) is 22.8. The van der Waals surface area contributed by atoms with Crippen molar-refractivity contribution in [2.75, 3.05) is 6.61 Å². The SMILES string of the molecule is CCOC(=O)C(=O)C(C)=C([O-])c1ccc(Br)cc1.[Li+]. The molecule has 1 aromatic rings. The molecule has 19 heavy (non-hydrogen) atoms. The molecule has 0 unspecified atom stereocenters. The second-order valence-corrected chi connectivity index (χ2v) is 4.43. The second kappa shape index (κ2) is 8.21. The zero-order chi connectivity index (χ0) is 13.7. The summed E-state index contributed by atoms with van der Waals surface area (Å²) in [6.07, 6.45) is 0. The van der Waals surface area contributed by atoms with Crippen LogP contribution in [0, 0.1) is 0 Å². The summed E-state index contributed by atoms with van der Waals surface area (Å²) < 4.78 is 5.39. The van der Waals surface area contributed by atoms with E-state index in [1.165, 1.54) is 6.92 Å². The number of carbonyl (C=O) groups excluding carboxylic acids is 2. The number of ketones is 1. The van der Waals surface area contributed by atoms with Gasteiger partial charge in [-0.25, -0.2) is 4.79 Å². The molecule has 0 aliphatic carbocycles. The van der Waals surface area contributed by atoms with E-state index in [-0.39, 0.29) is 31.0 Å². The fourth-order valence-corrected chi connectivity index (χ4v) is 1.53. The van der Waals surface area contributed by atoms with E-state index in [0.29, 0.717) is 5.56 Å². The molecule has 0 radical (unpaired) electrons. The molecule has 6 heteroatoms. The van der Waals surface area contributed by atoms with E-state index in [4.69, 9.17) is 0 Å². The fourth-order valence-electron chi connectivity index (χ4n) is 1.27. The van der Waals surface area contributed by atoms with Gasteiger partial charge in [0.2, 0.25) is 0 Å². The third kappa shape index (κ3) is 4.87. The van der Waals surface area contributed by atoms with Gasteiger partial charge in [0.15, 0.2) is 0 Å². The second-order valence-electron chi connectivity index (χ2n) is 3.51. The number of rotatable bonds is 4. The van der Waals surface area contributed by atoms with Crippen LogP contribution in [0.15, 0.2) is 34.3 Å². The van der Waals surface area contributed by atoms with Crippen molar-refractivity contribution in [2.24, 2.45) is 0 Å². The van der Waals surface area contributed by atoms with Gasteiger partial charge in [0.1, 0.15) is 0 Å². The first-order chi connectivity index (χ1) is 8.47. The molecule has 0 atom stereocenters. The standard InChI is InChI=1S/C13H13BrO4.Li/c1-3-18-13(17)12(16)8(2)11(15)9-4-6-10(14)7-5-9;/h4-7,15H,3H2,1-2H3;/q;+1/p-1. The first-order valence-electron chi connectivity index (χ1n) is 5.32. The van der Waals surface area contributed by atoms with Crippen molar-refractivity contribution in [2.45, 2.75) is 13.8 Å². The number of ether oxygens (including phenoxy) is 1. The van der Waals surface area contributed by atoms with Gasteiger partial charge in [-0.2, -0.15) is 0 Å². The number of esters is 1. The minimum absolute atomic E-state index is 0. The molecule has 96 valence electrons. The van der Waals surface area contributed by atoms with E-state index in [1.54, 1.807) is 31.2 Å². The normalized spacial score (nSPS) is 11.1. The zero-order valence-electron chi connectivity index (χ0n) is 11.0. The van der Waals surface area contributed by atoms with E-state index in [2.05, 4.69) is 20.7 Å². The summed E-state index contributed by atoms with van der Waals surface area (Å²) in [6, 6.07) is 6.54. The van der Waals surface area contributed by atoms with Gasteiger partial charge in [0.05, 0.1) is 6.61 Å². The predicted molar refractivity (Wildman–Crippen MR) is 68.4 cm³/mol.